The highest BCUT2D eigenvalue weighted by Crippen LogP contribution is 2.34. The van der Waals surface area contributed by atoms with E-state index in [1.54, 1.807) is 18.0 Å². The minimum Gasteiger partial charge on any atom is -0.461 e. The van der Waals surface area contributed by atoms with Crippen LogP contribution in [0.15, 0.2) is 54.6 Å². The summed E-state index contributed by atoms with van der Waals surface area (Å²) in [6.07, 6.45) is 3.11. The second-order valence-electron chi connectivity index (χ2n) is 8.40. The molecule has 3 rings (SSSR count). The zero-order chi connectivity index (χ0) is 26.5. The maximum atomic E-state index is 12.7. The summed E-state index contributed by atoms with van der Waals surface area (Å²) in [4.78, 5) is 12.7. The summed E-state index contributed by atoms with van der Waals surface area (Å²) in [5.41, 5.74) is 4.53. The minimum atomic E-state index is -0.291. The molecule has 0 aliphatic rings. The Morgan fingerprint density at radius 1 is 1.14 bits per heavy atom. The van der Waals surface area contributed by atoms with Crippen LogP contribution in [0.25, 0.3) is 11.1 Å². The summed E-state index contributed by atoms with van der Waals surface area (Å²) < 4.78 is 16.8. The number of nitrogens with one attached hydrogen (secondary N) is 1. The Morgan fingerprint density at radius 2 is 1.81 bits per heavy atom. The Bertz CT molecular complexity index is 1150. The third-order valence-corrected chi connectivity index (χ3v) is 6.08. The summed E-state index contributed by atoms with van der Waals surface area (Å²) in [7, 11) is 1.94. The predicted molar refractivity (Wildman–Crippen MR) is 150 cm³/mol. The standard InChI is InChI=1S/C27H34N2O3S.C2H3N/c1-6-8-11-21-18-23(26(29(21)5)27(30)31-7-2)20-14-16-22(17-15-20)32-25-13-10-9-12-24(25)28-33-19(3)4;1-2-3/h9-10,12-19,28H,6-8,11H2,1-5H3;1H3. The van der Waals surface area contributed by atoms with E-state index < -0.39 is 0 Å². The summed E-state index contributed by atoms with van der Waals surface area (Å²) >= 11 is 1.65. The third-order valence-electron chi connectivity index (χ3n) is 5.27. The Morgan fingerprint density at radius 3 is 2.42 bits per heavy atom. The SMILES string of the molecule is CC#N.CCCCc1cc(-c2ccc(Oc3ccccc3NSC(C)C)cc2)c(C(=O)OCC)n1C. The summed E-state index contributed by atoms with van der Waals surface area (Å²) in [5, 5.41) is 7.78. The van der Waals surface area contributed by atoms with Crippen molar-refractivity contribution in [2.24, 2.45) is 7.05 Å². The van der Waals surface area contributed by atoms with Gasteiger partial charge in [-0.05, 0) is 67.6 Å². The molecule has 1 N–H and O–H groups in total. The largest absolute Gasteiger partial charge is 0.461 e. The van der Waals surface area contributed by atoms with E-state index in [1.807, 2.05) is 67.1 Å². The Kier molecular flexibility index (Phi) is 11.9. The smallest absolute Gasteiger partial charge is 0.355 e. The van der Waals surface area contributed by atoms with E-state index in [2.05, 4.69) is 31.6 Å². The molecule has 0 aliphatic heterocycles. The maximum Gasteiger partial charge on any atom is 0.355 e. The first kappa shape index (κ1) is 28.9. The molecule has 36 heavy (non-hydrogen) atoms. The van der Waals surface area contributed by atoms with Crippen molar-refractivity contribution in [3.63, 3.8) is 0 Å². The van der Waals surface area contributed by atoms with Gasteiger partial charge in [-0.25, -0.2) is 4.79 Å². The van der Waals surface area contributed by atoms with Crippen molar-refractivity contribution in [2.75, 3.05) is 11.3 Å². The van der Waals surface area contributed by atoms with Gasteiger partial charge in [0.2, 0.25) is 0 Å². The number of hydrogen-bond donors (Lipinski definition) is 1. The molecule has 0 bridgehead atoms. The molecule has 2 aromatic carbocycles. The third kappa shape index (κ3) is 8.10. The molecule has 0 radical (unpaired) electrons. The molecule has 1 aromatic heterocycles. The number of nitriles is 1. The van der Waals surface area contributed by atoms with Gasteiger partial charge in [0.25, 0.3) is 0 Å². The number of benzene rings is 2. The normalized spacial score (nSPS) is 10.3. The van der Waals surface area contributed by atoms with Crippen LogP contribution in [0.3, 0.4) is 0 Å². The monoisotopic (exact) mass is 507 g/mol. The summed E-state index contributed by atoms with van der Waals surface area (Å²) in [5.74, 6) is 1.22. The van der Waals surface area contributed by atoms with Crippen LogP contribution >= 0.6 is 11.9 Å². The molecule has 7 heteroatoms. The van der Waals surface area contributed by atoms with Crippen molar-refractivity contribution >= 4 is 23.6 Å². The first-order valence-electron chi connectivity index (χ1n) is 12.3. The van der Waals surface area contributed by atoms with E-state index in [4.69, 9.17) is 14.7 Å². The van der Waals surface area contributed by atoms with Gasteiger partial charge >= 0.3 is 5.97 Å². The van der Waals surface area contributed by atoms with Gasteiger partial charge in [-0.1, -0.05) is 51.5 Å². The van der Waals surface area contributed by atoms with Gasteiger partial charge < -0.3 is 18.8 Å². The van der Waals surface area contributed by atoms with E-state index in [-0.39, 0.29) is 5.97 Å². The van der Waals surface area contributed by atoms with Crippen LogP contribution in [0.2, 0.25) is 0 Å². The van der Waals surface area contributed by atoms with E-state index >= 15 is 0 Å². The fraction of sp³-hybridized carbons (Fsp3) is 0.379. The van der Waals surface area contributed by atoms with E-state index in [1.165, 1.54) is 6.92 Å². The molecule has 0 saturated heterocycles. The number of aromatic nitrogens is 1. The van der Waals surface area contributed by atoms with Crippen molar-refractivity contribution in [1.82, 2.24) is 4.57 Å². The van der Waals surface area contributed by atoms with Gasteiger partial charge in [0.15, 0.2) is 5.75 Å². The number of carbonyl (C=O) groups is 1. The number of aryl methyl sites for hydroxylation is 1. The molecular formula is C29H37N3O3S. The van der Waals surface area contributed by atoms with Crippen molar-refractivity contribution in [1.29, 1.82) is 5.26 Å². The van der Waals surface area contributed by atoms with Crippen LogP contribution < -0.4 is 9.46 Å². The zero-order valence-electron chi connectivity index (χ0n) is 22.1. The lowest BCUT2D eigenvalue weighted by Crippen LogP contribution is -2.12. The lowest BCUT2D eigenvalue weighted by Gasteiger charge is -2.14. The molecule has 0 spiro atoms. The van der Waals surface area contributed by atoms with E-state index in [0.29, 0.717) is 17.6 Å². The van der Waals surface area contributed by atoms with Crippen LogP contribution in [-0.4, -0.2) is 22.4 Å². The molecule has 192 valence electrons. The average molecular weight is 508 g/mol. The lowest BCUT2D eigenvalue weighted by molar-refractivity contribution is 0.0516. The fourth-order valence-electron chi connectivity index (χ4n) is 3.57. The fourth-order valence-corrected chi connectivity index (χ4v) is 4.10. The molecule has 6 nitrogen and oxygen atoms in total. The lowest BCUT2D eigenvalue weighted by atomic mass is 10.0. The highest BCUT2D eigenvalue weighted by molar-refractivity contribution is 8.01. The number of hydrogen-bond acceptors (Lipinski definition) is 6. The number of para-hydroxylation sites is 2. The van der Waals surface area contributed by atoms with Gasteiger partial charge in [0, 0.05) is 30.5 Å². The molecule has 0 fully saturated rings. The van der Waals surface area contributed by atoms with Gasteiger partial charge in [-0.2, -0.15) is 5.26 Å². The Hall–Kier alpha value is -3.37. The number of nitrogens with zero attached hydrogens (tertiary/aromatic N) is 2. The highest BCUT2D eigenvalue weighted by Gasteiger charge is 2.21. The van der Waals surface area contributed by atoms with E-state index in [9.17, 15) is 4.79 Å². The number of anilines is 1. The predicted octanol–water partition coefficient (Wildman–Crippen LogP) is 8.00. The van der Waals surface area contributed by atoms with Crippen molar-refractivity contribution < 1.29 is 14.3 Å². The summed E-state index contributed by atoms with van der Waals surface area (Å²) in [6.45, 7) is 10.1. The van der Waals surface area contributed by atoms with Crippen molar-refractivity contribution in [2.45, 2.75) is 59.1 Å². The Balaban J connectivity index is 0.00000145. The molecule has 0 saturated carbocycles. The second-order valence-corrected chi connectivity index (χ2v) is 9.78. The second kappa shape index (κ2) is 14.9. The molecule has 3 aromatic rings. The highest BCUT2D eigenvalue weighted by atomic mass is 32.2. The molecule has 1 heterocycles. The number of carbonyl (C=O) groups excluding carboxylic acids is 1. The molecule has 0 amide bonds. The minimum absolute atomic E-state index is 0.291. The first-order chi connectivity index (χ1) is 17.4. The average Bonchev–Trinajstić information content (AvgIpc) is 3.19. The van der Waals surface area contributed by atoms with Crippen molar-refractivity contribution in [3.8, 4) is 28.7 Å². The molecular weight excluding hydrogens is 470 g/mol. The quantitative estimate of drug-likeness (QED) is 0.209. The van der Waals surface area contributed by atoms with Gasteiger partial charge in [-0.15, -0.1) is 0 Å². The van der Waals surface area contributed by atoms with Gasteiger partial charge in [0.1, 0.15) is 11.4 Å². The van der Waals surface area contributed by atoms with Crippen LogP contribution in [-0.2, 0) is 18.2 Å². The number of ether oxygens (including phenoxy) is 2. The van der Waals surface area contributed by atoms with Crippen molar-refractivity contribution in [3.05, 3.63) is 66.0 Å². The molecule has 0 unspecified atom stereocenters. The van der Waals surface area contributed by atoms with Crippen LogP contribution in [0, 0.1) is 11.3 Å². The molecule has 0 atom stereocenters. The number of rotatable bonds is 11. The Labute approximate surface area is 219 Å². The first-order valence-corrected chi connectivity index (χ1v) is 13.2. The number of esters is 1. The number of unbranched alkanes of at least 4 members (excludes halogenated alkanes) is 1. The van der Waals surface area contributed by atoms with Gasteiger partial charge in [-0.3, -0.25) is 0 Å². The van der Waals surface area contributed by atoms with Gasteiger partial charge in [0.05, 0.1) is 18.4 Å². The topological polar surface area (TPSA) is 76.3 Å². The molecule has 0 aliphatic carbocycles. The van der Waals surface area contributed by atoms with Crippen LogP contribution in [0.4, 0.5) is 5.69 Å². The summed E-state index contributed by atoms with van der Waals surface area (Å²) in [6, 6.07) is 19.6. The van der Waals surface area contributed by atoms with Crippen LogP contribution in [0.5, 0.6) is 11.5 Å². The maximum absolute atomic E-state index is 12.7. The van der Waals surface area contributed by atoms with E-state index in [0.717, 1.165) is 53.3 Å². The van der Waals surface area contributed by atoms with Crippen LogP contribution in [0.1, 0.15) is 63.6 Å². The zero-order valence-corrected chi connectivity index (χ0v) is 22.9.